The monoisotopic (exact) mass is 317 g/mol. The molecule has 1 amide bonds. The Bertz CT molecular complexity index is 548. The zero-order valence-electron chi connectivity index (χ0n) is 14.2. The van der Waals surface area contributed by atoms with Gasteiger partial charge in [-0.15, -0.1) is 0 Å². The van der Waals surface area contributed by atoms with Gasteiger partial charge < -0.3 is 15.1 Å². The van der Waals surface area contributed by atoms with Crippen LogP contribution in [-0.2, 0) is 0 Å². The summed E-state index contributed by atoms with van der Waals surface area (Å²) in [6, 6.07) is 2.31. The molecule has 1 aromatic rings. The third-order valence-electron chi connectivity index (χ3n) is 4.87. The summed E-state index contributed by atoms with van der Waals surface area (Å²) in [5.74, 6) is 1.48. The molecule has 1 saturated carbocycles. The van der Waals surface area contributed by atoms with Gasteiger partial charge in [0.1, 0.15) is 17.3 Å². The van der Waals surface area contributed by atoms with Crippen molar-refractivity contribution in [3.63, 3.8) is 0 Å². The van der Waals surface area contributed by atoms with Crippen molar-refractivity contribution >= 4 is 11.7 Å². The van der Waals surface area contributed by atoms with E-state index >= 15 is 0 Å². The van der Waals surface area contributed by atoms with Gasteiger partial charge in [0.15, 0.2) is 0 Å². The molecule has 126 valence electrons. The number of piperazine rings is 1. The first-order valence-corrected chi connectivity index (χ1v) is 8.79. The molecule has 1 aromatic heterocycles. The van der Waals surface area contributed by atoms with Gasteiger partial charge in [-0.3, -0.25) is 4.79 Å². The number of hydrogen-bond donors (Lipinski definition) is 1. The third-order valence-corrected chi connectivity index (χ3v) is 4.87. The molecule has 2 fully saturated rings. The molecule has 1 aliphatic heterocycles. The summed E-state index contributed by atoms with van der Waals surface area (Å²) in [5, 5.41) is 3.47. The second kappa shape index (κ2) is 7.25. The highest BCUT2D eigenvalue weighted by Crippen LogP contribution is 2.22. The maximum atomic E-state index is 12.7. The minimum absolute atomic E-state index is 0.0284. The summed E-state index contributed by atoms with van der Waals surface area (Å²) in [6.45, 7) is 8.50. The lowest BCUT2D eigenvalue weighted by Gasteiger charge is -2.33. The van der Waals surface area contributed by atoms with E-state index in [9.17, 15) is 4.79 Å². The highest BCUT2D eigenvalue weighted by molar-refractivity contribution is 5.93. The van der Waals surface area contributed by atoms with E-state index in [1.807, 2.05) is 17.9 Å². The zero-order valence-corrected chi connectivity index (χ0v) is 14.2. The molecule has 3 rings (SSSR count). The maximum absolute atomic E-state index is 12.7. The fourth-order valence-electron chi connectivity index (χ4n) is 3.46. The number of hydrogen-bond acceptors (Lipinski definition) is 5. The van der Waals surface area contributed by atoms with Crippen molar-refractivity contribution in [1.82, 2.24) is 19.8 Å². The summed E-state index contributed by atoms with van der Waals surface area (Å²) in [4.78, 5) is 25.8. The Kier molecular flexibility index (Phi) is 5.10. The topological polar surface area (TPSA) is 61.4 Å². The number of anilines is 1. The molecular weight excluding hydrogens is 290 g/mol. The van der Waals surface area contributed by atoms with Crippen molar-refractivity contribution in [2.24, 2.45) is 0 Å². The predicted molar refractivity (Wildman–Crippen MR) is 90.7 cm³/mol. The number of rotatable bonds is 4. The van der Waals surface area contributed by atoms with E-state index < -0.39 is 0 Å². The van der Waals surface area contributed by atoms with Crippen LogP contribution >= 0.6 is 0 Å². The number of nitrogens with one attached hydrogen (secondary N) is 1. The molecule has 23 heavy (non-hydrogen) atoms. The Labute approximate surface area is 138 Å². The molecule has 6 heteroatoms. The van der Waals surface area contributed by atoms with Crippen LogP contribution in [0, 0.1) is 6.92 Å². The van der Waals surface area contributed by atoms with Crippen molar-refractivity contribution in [3.8, 4) is 0 Å². The van der Waals surface area contributed by atoms with E-state index in [4.69, 9.17) is 0 Å². The number of likely N-dealkylation sites (N-methyl/N-ethyl adjacent to an activating group) is 1. The highest BCUT2D eigenvalue weighted by atomic mass is 16.2. The van der Waals surface area contributed by atoms with Crippen molar-refractivity contribution in [2.75, 3.05) is 38.0 Å². The largest absolute Gasteiger partial charge is 0.367 e. The van der Waals surface area contributed by atoms with E-state index in [0.29, 0.717) is 17.6 Å². The molecule has 0 radical (unpaired) electrons. The van der Waals surface area contributed by atoms with Crippen LogP contribution in [0.25, 0.3) is 0 Å². The molecule has 0 spiro atoms. The molecule has 1 saturated heterocycles. The predicted octanol–water partition coefficient (Wildman–Crippen LogP) is 1.92. The minimum atomic E-state index is 0.0284. The van der Waals surface area contributed by atoms with Crippen LogP contribution in [0.2, 0.25) is 0 Å². The normalized spacial score (nSPS) is 20.0. The third kappa shape index (κ3) is 3.99. The molecule has 2 heterocycles. The molecule has 0 aromatic carbocycles. The number of aryl methyl sites for hydroxylation is 1. The first-order valence-electron chi connectivity index (χ1n) is 8.79. The molecule has 1 aliphatic carbocycles. The lowest BCUT2D eigenvalue weighted by molar-refractivity contribution is 0.0637. The van der Waals surface area contributed by atoms with Crippen molar-refractivity contribution in [1.29, 1.82) is 0 Å². The molecule has 2 aliphatic rings. The van der Waals surface area contributed by atoms with Gasteiger partial charge in [-0.1, -0.05) is 19.8 Å². The smallest absolute Gasteiger partial charge is 0.272 e. The van der Waals surface area contributed by atoms with Crippen molar-refractivity contribution in [2.45, 2.75) is 45.6 Å². The minimum Gasteiger partial charge on any atom is -0.367 e. The SMILES string of the molecule is CCN1CCN(C(=O)c2cc(NC3CCCC3)nc(C)n2)CC1. The van der Waals surface area contributed by atoms with Crippen LogP contribution in [-0.4, -0.2) is 64.4 Å². The molecule has 0 unspecified atom stereocenters. The Morgan fingerprint density at radius 3 is 2.57 bits per heavy atom. The van der Waals surface area contributed by atoms with Crippen LogP contribution < -0.4 is 5.32 Å². The van der Waals surface area contributed by atoms with Gasteiger partial charge in [0.2, 0.25) is 0 Å². The van der Waals surface area contributed by atoms with Gasteiger partial charge >= 0.3 is 0 Å². The van der Waals surface area contributed by atoms with Crippen LogP contribution in [0.5, 0.6) is 0 Å². The number of nitrogens with zero attached hydrogens (tertiary/aromatic N) is 4. The zero-order chi connectivity index (χ0) is 16.2. The summed E-state index contributed by atoms with van der Waals surface area (Å²) >= 11 is 0. The van der Waals surface area contributed by atoms with Crippen LogP contribution in [0.1, 0.15) is 48.9 Å². The Hall–Kier alpha value is -1.69. The van der Waals surface area contributed by atoms with E-state index in [0.717, 1.165) is 38.5 Å². The van der Waals surface area contributed by atoms with Crippen LogP contribution in [0.4, 0.5) is 5.82 Å². The quantitative estimate of drug-likeness (QED) is 0.919. The average molecular weight is 317 g/mol. The summed E-state index contributed by atoms with van der Waals surface area (Å²) in [7, 11) is 0. The standard InChI is InChI=1S/C17H27N5O/c1-3-21-8-10-22(11-9-21)17(23)15-12-16(19-13(2)18-15)20-14-6-4-5-7-14/h12,14H,3-11H2,1-2H3,(H,18,19,20). The van der Waals surface area contributed by atoms with Gasteiger partial charge in [-0.25, -0.2) is 9.97 Å². The van der Waals surface area contributed by atoms with Crippen molar-refractivity contribution < 1.29 is 4.79 Å². The molecule has 0 atom stereocenters. The van der Waals surface area contributed by atoms with Crippen LogP contribution in [0.3, 0.4) is 0 Å². The second-order valence-electron chi connectivity index (χ2n) is 6.54. The number of amides is 1. The van der Waals surface area contributed by atoms with Crippen molar-refractivity contribution in [3.05, 3.63) is 17.6 Å². The summed E-state index contributed by atoms with van der Waals surface area (Å²) < 4.78 is 0. The Balaban J connectivity index is 1.68. The van der Waals surface area contributed by atoms with E-state index in [1.165, 1.54) is 25.7 Å². The first-order chi connectivity index (χ1) is 11.2. The number of carbonyl (C=O) groups is 1. The van der Waals surface area contributed by atoms with Gasteiger partial charge in [0.05, 0.1) is 0 Å². The Morgan fingerprint density at radius 1 is 1.22 bits per heavy atom. The van der Waals surface area contributed by atoms with E-state index in [2.05, 4.69) is 27.1 Å². The van der Waals surface area contributed by atoms with E-state index in [-0.39, 0.29) is 5.91 Å². The average Bonchev–Trinajstić information content (AvgIpc) is 3.06. The van der Waals surface area contributed by atoms with Gasteiger partial charge in [-0.05, 0) is 26.3 Å². The molecule has 0 bridgehead atoms. The second-order valence-corrected chi connectivity index (χ2v) is 6.54. The molecule has 1 N–H and O–H groups in total. The summed E-state index contributed by atoms with van der Waals surface area (Å²) in [5.41, 5.74) is 0.517. The molecule has 6 nitrogen and oxygen atoms in total. The van der Waals surface area contributed by atoms with Gasteiger partial charge in [0, 0.05) is 38.3 Å². The first kappa shape index (κ1) is 16.2. The lowest BCUT2D eigenvalue weighted by atomic mass is 10.2. The fraction of sp³-hybridized carbons (Fsp3) is 0.706. The van der Waals surface area contributed by atoms with E-state index in [1.54, 1.807) is 0 Å². The lowest BCUT2D eigenvalue weighted by Crippen LogP contribution is -2.48. The maximum Gasteiger partial charge on any atom is 0.272 e. The van der Waals surface area contributed by atoms with Gasteiger partial charge in [-0.2, -0.15) is 0 Å². The van der Waals surface area contributed by atoms with Crippen LogP contribution in [0.15, 0.2) is 6.07 Å². The van der Waals surface area contributed by atoms with Gasteiger partial charge in [0.25, 0.3) is 5.91 Å². The summed E-state index contributed by atoms with van der Waals surface area (Å²) in [6.07, 6.45) is 4.92. The molecular formula is C17H27N5O. The fourth-order valence-corrected chi connectivity index (χ4v) is 3.46. The number of carbonyl (C=O) groups excluding carboxylic acids is 1. The Morgan fingerprint density at radius 2 is 1.91 bits per heavy atom. The number of aromatic nitrogens is 2. The highest BCUT2D eigenvalue weighted by Gasteiger charge is 2.23.